The molecular weight excluding hydrogens is 426 g/mol. The summed E-state index contributed by atoms with van der Waals surface area (Å²) >= 11 is 0. The van der Waals surface area contributed by atoms with E-state index in [2.05, 4.69) is 10.6 Å². The van der Waals surface area contributed by atoms with E-state index in [4.69, 9.17) is 9.47 Å². The Hall–Kier alpha value is -3.36. The summed E-state index contributed by atoms with van der Waals surface area (Å²) in [5.41, 5.74) is 1.06. The third kappa shape index (κ3) is 5.02. The van der Waals surface area contributed by atoms with Gasteiger partial charge in [-0.05, 0) is 25.3 Å². The number of carbonyl (C=O) groups excluding carboxylic acids is 4. The third-order valence-electron chi connectivity index (χ3n) is 6.40. The molecule has 1 aliphatic carbocycles. The van der Waals surface area contributed by atoms with E-state index in [0.29, 0.717) is 12.1 Å². The Morgan fingerprint density at radius 1 is 1.09 bits per heavy atom. The Bertz CT molecular complexity index is 954. The first-order valence-electron chi connectivity index (χ1n) is 11.5. The maximum atomic E-state index is 12.8. The first kappa shape index (κ1) is 22.8. The monoisotopic (exact) mass is 455 g/mol. The lowest BCUT2D eigenvalue weighted by molar-refractivity contribution is -0.148. The second-order valence-electron chi connectivity index (χ2n) is 8.55. The molecule has 2 aliphatic heterocycles. The van der Waals surface area contributed by atoms with E-state index in [1.807, 2.05) is 6.07 Å². The second kappa shape index (κ2) is 10.1. The number of esters is 2. The lowest BCUT2D eigenvalue weighted by Gasteiger charge is -2.29. The fourth-order valence-electron chi connectivity index (χ4n) is 4.80. The number of rotatable bonds is 7. The van der Waals surface area contributed by atoms with Gasteiger partial charge in [0, 0.05) is 19.0 Å². The van der Waals surface area contributed by atoms with E-state index >= 15 is 0 Å². The first-order chi connectivity index (χ1) is 16.0. The van der Waals surface area contributed by atoms with Gasteiger partial charge in [-0.3, -0.25) is 9.59 Å². The molecule has 1 saturated carbocycles. The number of nitrogens with one attached hydrogen (secondary N) is 2. The zero-order valence-electron chi connectivity index (χ0n) is 18.7. The average molecular weight is 456 g/mol. The highest BCUT2D eigenvalue weighted by atomic mass is 16.5. The highest BCUT2D eigenvalue weighted by molar-refractivity contribution is 5.95. The van der Waals surface area contributed by atoms with Crippen LogP contribution in [0.2, 0.25) is 0 Å². The fourth-order valence-corrected chi connectivity index (χ4v) is 4.80. The molecule has 3 aliphatic rings. The molecule has 176 valence electrons. The standard InChI is InChI=1S/C24H29N3O6/c1-2-32-23(30)20-18(25-24(31)26-21(20)15-8-4-3-5-9-15)14-33-22(29)16-12-19(28)27(13-16)17-10-6-7-11-17/h3-5,8-9,16-17,21H,2,6-7,10-14H2,1H3,(H2,25,26,31)/t16-,21+/m0/s1. The van der Waals surface area contributed by atoms with E-state index in [-0.39, 0.29) is 42.9 Å². The van der Waals surface area contributed by atoms with Gasteiger partial charge in [0.25, 0.3) is 0 Å². The zero-order chi connectivity index (χ0) is 23.4. The molecule has 1 saturated heterocycles. The number of nitrogens with zero attached hydrogens (tertiary/aromatic N) is 1. The number of ether oxygens (including phenoxy) is 2. The summed E-state index contributed by atoms with van der Waals surface area (Å²) < 4.78 is 10.7. The van der Waals surface area contributed by atoms with Gasteiger partial charge in [-0.2, -0.15) is 0 Å². The van der Waals surface area contributed by atoms with Gasteiger partial charge in [0.1, 0.15) is 6.61 Å². The molecule has 1 aromatic carbocycles. The average Bonchev–Trinajstić information content (AvgIpc) is 3.47. The SMILES string of the molecule is CCOC(=O)C1=C(COC(=O)[C@H]2CC(=O)N(C3CCCC3)C2)NC(=O)N[C@@H]1c1ccccc1. The van der Waals surface area contributed by atoms with Crippen LogP contribution in [0.15, 0.2) is 41.6 Å². The van der Waals surface area contributed by atoms with Gasteiger partial charge in [0.15, 0.2) is 0 Å². The lowest BCUT2D eigenvalue weighted by atomic mass is 9.95. The van der Waals surface area contributed by atoms with Crippen LogP contribution in [0.5, 0.6) is 0 Å². The number of hydrogen-bond acceptors (Lipinski definition) is 6. The highest BCUT2D eigenvalue weighted by Crippen LogP contribution is 2.31. The number of benzene rings is 1. The molecule has 9 nitrogen and oxygen atoms in total. The predicted molar refractivity (Wildman–Crippen MR) is 118 cm³/mol. The van der Waals surface area contributed by atoms with Gasteiger partial charge >= 0.3 is 18.0 Å². The van der Waals surface area contributed by atoms with Crippen LogP contribution in [-0.2, 0) is 23.9 Å². The zero-order valence-corrected chi connectivity index (χ0v) is 18.7. The van der Waals surface area contributed by atoms with Crippen molar-refractivity contribution in [1.29, 1.82) is 0 Å². The minimum absolute atomic E-state index is 0.0189. The Morgan fingerprint density at radius 3 is 2.52 bits per heavy atom. The van der Waals surface area contributed by atoms with Gasteiger partial charge in [0.05, 0.1) is 29.8 Å². The van der Waals surface area contributed by atoms with Gasteiger partial charge in [-0.1, -0.05) is 43.2 Å². The van der Waals surface area contributed by atoms with Crippen LogP contribution in [-0.4, -0.2) is 54.6 Å². The molecule has 33 heavy (non-hydrogen) atoms. The minimum atomic E-state index is -0.737. The summed E-state index contributed by atoms with van der Waals surface area (Å²) in [6, 6.07) is 7.99. The van der Waals surface area contributed by atoms with E-state index in [0.717, 1.165) is 25.7 Å². The summed E-state index contributed by atoms with van der Waals surface area (Å²) in [7, 11) is 0. The van der Waals surface area contributed by atoms with E-state index < -0.39 is 29.9 Å². The van der Waals surface area contributed by atoms with Crippen molar-refractivity contribution in [3.05, 3.63) is 47.2 Å². The Kier molecular flexibility index (Phi) is 6.96. The van der Waals surface area contributed by atoms with E-state index in [9.17, 15) is 19.2 Å². The number of carbonyl (C=O) groups is 4. The molecular formula is C24H29N3O6. The molecule has 3 amide bonds. The topological polar surface area (TPSA) is 114 Å². The van der Waals surface area contributed by atoms with Crippen molar-refractivity contribution in [1.82, 2.24) is 15.5 Å². The van der Waals surface area contributed by atoms with E-state index in [1.54, 1.807) is 36.1 Å². The summed E-state index contributed by atoms with van der Waals surface area (Å²) in [6.07, 6.45) is 4.28. The van der Waals surface area contributed by atoms with Crippen LogP contribution in [0, 0.1) is 5.92 Å². The van der Waals surface area contributed by atoms with Crippen LogP contribution in [0.1, 0.15) is 50.6 Å². The Labute approximate surface area is 192 Å². The number of hydrogen-bond donors (Lipinski definition) is 2. The Morgan fingerprint density at radius 2 is 1.82 bits per heavy atom. The quantitative estimate of drug-likeness (QED) is 0.610. The van der Waals surface area contributed by atoms with Gasteiger partial charge in [-0.25, -0.2) is 9.59 Å². The number of likely N-dealkylation sites (tertiary alicyclic amines) is 1. The number of amides is 3. The maximum Gasteiger partial charge on any atom is 0.338 e. The molecule has 1 aromatic rings. The minimum Gasteiger partial charge on any atom is -0.463 e. The first-order valence-corrected chi connectivity index (χ1v) is 11.5. The van der Waals surface area contributed by atoms with Crippen molar-refractivity contribution in [3.8, 4) is 0 Å². The summed E-state index contributed by atoms with van der Waals surface area (Å²) in [5.74, 6) is -1.68. The molecule has 2 heterocycles. The molecule has 0 unspecified atom stereocenters. The van der Waals surface area contributed by atoms with Crippen molar-refractivity contribution in [2.45, 2.75) is 51.1 Å². The second-order valence-corrected chi connectivity index (χ2v) is 8.55. The smallest absolute Gasteiger partial charge is 0.338 e. The van der Waals surface area contributed by atoms with Crippen LogP contribution in [0.25, 0.3) is 0 Å². The van der Waals surface area contributed by atoms with Crippen molar-refractivity contribution in [2.24, 2.45) is 5.92 Å². The van der Waals surface area contributed by atoms with E-state index in [1.165, 1.54) is 0 Å². The van der Waals surface area contributed by atoms with Crippen molar-refractivity contribution < 1.29 is 28.7 Å². The third-order valence-corrected chi connectivity index (χ3v) is 6.40. The Balaban J connectivity index is 1.50. The largest absolute Gasteiger partial charge is 0.463 e. The lowest BCUT2D eigenvalue weighted by Crippen LogP contribution is -2.47. The highest BCUT2D eigenvalue weighted by Gasteiger charge is 2.40. The molecule has 2 atom stereocenters. The summed E-state index contributed by atoms with van der Waals surface area (Å²) in [6.45, 7) is 1.91. The van der Waals surface area contributed by atoms with Gasteiger partial charge < -0.3 is 25.0 Å². The molecule has 9 heteroatoms. The van der Waals surface area contributed by atoms with Crippen molar-refractivity contribution in [2.75, 3.05) is 19.8 Å². The maximum absolute atomic E-state index is 12.8. The molecule has 0 aromatic heterocycles. The van der Waals surface area contributed by atoms with Crippen LogP contribution in [0.4, 0.5) is 4.79 Å². The van der Waals surface area contributed by atoms with Crippen molar-refractivity contribution in [3.63, 3.8) is 0 Å². The summed E-state index contributed by atoms with van der Waals surface area (Å²) in [4.78, 5) is 52.1. The normalized spacial score (nSPS) is 23.4. The van der Waals surface area contributed by atoms with Gasteiger partial charge in [0.2, 0.25) is 5.91 Å². The molecule has 0 spiro atoms. The summed E-state index contributed by atoms with van der Waals surface area (Å²) in [5, 5.41) is 5.33. The van der Waals surface area contributed by atoms with Crippen molar-refractivity contribution >= 4 is 23.9 Å². The molecule has 2 N–H and O–H groups in total. The van der Waals surface area contributed by atoms with Crippen LogP contribution >= 0.6 is 0 Å². The molecule has 4 rings (SSSR count). The number of urea groups is 1. The van der Waals surface area contributed by atoms with Gasteiger partial charge in [-0.15, -0.1) is 0 Å². The molecule has 2 fully saturated rings. The molecule has 0 bridgehead atoms. The molecule has 0 radical (unpaired) electrons. The van der Waals surface area contributed by atoms with Crippen LogP contribution in [0.3, 0.4) is 0 Å². The fraction of sp³-hybridized carbons (Fsp3) is 0.500. The predicted octanol–water partition coefficient (Wildman–Crippen LogP) is 2.19. The van der Waals surface area contributed by atoms with Crippen LogP contribution < -0.4 is 10.6 Å².